The SMILES string of the molecule is O=C(Nc1ccc([N+](=O)[O-])cc1Cl)C1CCN(c2ccccc2)CC1. The van der Waals surface area contributed by atoms with Gasteiger partial charge in [-0.25, -0.2) is 0 Å². The van der Waals surface area contributed by atoms with E-state index < -0.39 is 4.92 Å². The first-order valence-electron chi connectivity index (χ1n) is 8.09. The molecule has 1 saturated heterocycles. The summed E-state index contributed by atoms with van der Waals surface area (Å²) in [6.45, 7) is 1.63. The monoisotopic (exact) mass is 359 g/mol. The van der Waals surface area contributed by atoms with Crippen molar-refractivity contribution in [1.82, 2.24) is 0 Å². The molecule has 0 spiro atoms. The summed E-state index contributed by atoms with van der Waals surface area (Å²) in [5.74, 6) is -0.185. The average molecular weight is 360 g/mol. The number of non-ortho nitro benzene ring substituents is 1. The van der Waals surface area contributed by atoms with Gasteiger partial charge in [0.25, 0.3) is 5.69 Å². The molecule has 2 aromatic carbocycles. The van der Waals surface area contributed by atoms with E-state index in [-0.39, 0.29) is 22.5 Å². The molecule has 1 heterocycles. The predicted octanol–water partition coefficient (Wildman–Crippen LogP) is 4.10. The van der Waals surface area contributed by atoms with Crippen LogP contribution in [0.5, 0.6) is 0 Å². The number of nitrogens with one attached hydrogen (secondary N) is 1. The lowest BCUT2D eigenvalue weighted by atomic mass is 9.95. The van der Waals surface area contributed by atoms with Crippen LogP contribution in [0.2, 0.25) is 5.02 Å². The summed E-state index contributed by atoms with van der Waals surface area (Å²) in [5.41, 5.74) is 1.47. The van der Waals surface area contributed by atoms with Crippen molar-refractivity contribution in [3.63, 3.8) is 0 Å². The van der Waals surface area contributed by atoms with Crippen molar-refractivity contribution in [2.45, 2.75) is 12.8 Å². The van der Waals surface area contributed by atoms with Gasteiger partial charge in [-0.05, 0) is 31.0 Å². The summed E-state index contributed by atoms with van der Waals surface area (Å²) in [7, 11) is 0. The smallest absolute Gasteiger partial charge is 0.271 e. The maximum atomic E-state index is 12.5. The van der Waals surface area contributed by atoms with Crippen molar-refractivity contribution in [3.05, 3.63) is 63.7 Å². The number of hydrogen-bond donors (Lipinski definition) is 1. The number of amides is 1. The Labute approximate surface area is 150 Å². The molecule has 1 fully saturated rings. The van der Waals surface area contributed by atoms with E-state index in [9.17, 15) is 14.9 Å². The first-order valence-corrected chi connectivity index (χ1v) is 8.47. The molecule has 0 aliphatic carbocycles. The Morgan fingerprint density at radius 3 is 2.44 bits per heavy atom. The molecule has 0 aromatic heterocycles. The van der Waals surface area contributed by atoms with Gasteiger partial charge in [0.1, 0.15) is 0 Å². The van der Waals surface area contributed by atoms with E-state index in [2.05, 4.69) is 22.3 Å². The second-order valence-electron chi connectivity index (χ2n) is 6.01. The molecule has 0 saturated carbocycles. The molecule has 2 aromatic rings. The lowest BCUT2D eigenvalue weighted by Gasteiger charge is -2.33. The molecule has 25 heavy (non-hydrogen) atoms. The molecule has 0 atom stereocenters. The van der Waals surface area contributed by atoms with Crippen LogP contribution < -0.4 is 10.2 Å². The van der Waals surface area contributed by atoms with Crippen LogP contribution in [0.3, 0.4) is 0 Å². The Balaban J connectivity index is 1.59. The second kappa shape index (κ2) is 7.53. The van der Waals surface area contributed by atoms with Gasteiger partial charge in [0, 0.05) is 36.8 Å². The molecule has 1 amide bonds. The third-order valence-electron chi connectivity index (χ3n) is 4.41. The minimum absolute atomic E-state index is 0.0915. The van der Waals surface area contributed by atoms with Crippen molar-refractivity contribution in [1.29, 1.82) is 0 Å². The second-order valence-corrected chi connectivity index (χ2v) is 6.41. The van der Waals surface area contributed by atoms with Crippen LogP contribution in [0.25, 0.3) is 0 Å². The van der Waals surface area contributed by atoms with Crippen molar-refractivity contribution in [2.75, 3.05) is 23.3 Å². The predicted molar refractivity (Wildman–Crippen MR) is 98.1 cm³/mol. The molecule has 7 heteroatoms. The number of para-hydroxylation sites is 1. The number of anilines is 2. The molecule has 0 radical (unpaired) electrons. The zero-order valence-electron chi connectivity index (χ0n) is 13.5. The molecule has 1 aliphatic rings. The highest BCUT2D eigenvalue weighted by Crippen LogP contribution is 2.29. The minimum atomic E-state index is -0.517. The van der Waals surface area contributed by atoms with Crippen molar-refractivity contribution < 1.29 is 9.72 Å². The molecule has 130 valence electrons. The van der Waals surface area contributed by atoms with Gasteiger partial charge < -0.3 is 10.2 Å². The third-order valence-corrected chi connectivity index (χ3v) is 4.72. The Morgan fingerprint density at radius 2 is 1.84 bits per heavy atom. The fourth-order valence-electron chi connectivity index (χ4n) is 2.99. The highest BCUT2D eigenvalue weighted by atomic mass is 35.5. The fraction of sp³-hybridized carbons (Fsp3) is 0.278. The third kappa shape index (κ3) is 4.09. The number of rotatable bonds is 4. The highest BCUT2D eigenvalue weighted by molar-refractivity contribution is 6.34. The van der Waals surface area contributed by atoms with E-state index in [0.29, 0.717) is 5.69 Å². The number of carbonyl (C=O) groups is 1. The van der Waals surface area contributed by atoms with E-state index in [0.717, 1.165) is 25.9 Å². The van der Waals surface area contributed by atoms with Gasteiger partial charge in [-0.2, -0.15) is 0 Å². The summed E-state index contributed by atoms with van der Waals surface area (Å²) in [4.78, 5) is 24.9. The number of hydrogen-bond acceptors (Lipinski definition) is 4. The topological polar surface area (TPSA) is 75.5 Å². The molecule has 1 aliphatic heterocycles. The molecular weight excluding hydrogens is 342 g/mol. The van der Waals surface area contributed by atoms with E-state index in [1.165, 1.54) is 23.9 Å². The van der Waals surface area contributed by atoms with Crippen LogP contribution >= 0.6 is 11.6 Å². The van der Waals surface area contributed by atoms with Crippen LogP contribution in [-0.2, 0) is 4.79 Å². The standard InChI is InChI=1S/C18H18ClN3O3/c19-16-12-15(22(24)25)6-7-17(16)20-18(23)13-8-10-21(11-9-13)14-4-2-1-3-5-14/h1-7,12-13H,8-11H2,(H,20,23). The summed E-state index contributed by atoms with van der Waals surface area (Å²) < 4.78 is 0. The van der Waals surface area contributed by atoms with Crippen LogP contribution in [0.4, 0.5) is 17.1 Å². The van der Waals surface area contributed by atoms with Crippen LogP contribution in [0, 0.1) is 16.0 Å². The van der Waals surface area contributed by atoms with Crippen LogP contribution in [-0.4, -0.2) is 23.9 Å². The van der Waals surface area contributed by atoms with E-state index in [1.54, 1.807) is 0 Å². The number of benzene rings is 2. The quantitative estimate of drug-likeness (QED) is 0.658. The van der Waals surface area contributed by atoms with Gasteiger partial charge in [0.2, 0.25) is 5.91 Å². The number of halogens is 1. The Hall–Kier alpha value is -2.60. The molecule has 0 unspecified atom stereocenters. The molecule has 1 N–H and O–H groups in total. The number of nitrogens with zero attached hydrogens (tertiary/aromatic N) is 2. The summed E-state index contributed by atoms with van der Waals surface area (Å²) in [6.07, 6.45) is 1.51. The summed E-state index contributed by atoms with van der Waals surface area (Å²) in [5, 5.41) is 13.7. The fourth-order valence-corrected chi connectivity index (χ4v) is 3.21. The lowest BCUT2D eigenvalue weighted by Crippen LogP contribution is -2.38. The van der Waals surface area contributed by atoms with Crippen LogP contribution in [0.1, 0.15) is 12.8 Å². The summed E-state index contributed by atoms with van der Waals surface area (Å²) >= 11 is 6.03. The number of nitro groups is 1. The Kier molecular flexibility index (Phi) is 5.19. The average Bonchev–Trinajstić information content (AvgIpc) is 2.64. The Morgan fingerprint density at radius 1 is 1.16 bits per heavy atom. The van der Waals surface area contributed by atoms with E-state index in [1.807, 2.05) is 18.2 Å². The maximum Gasteiger partial charge on any atom is 0.271 e. The number of nitro benzene ring substituents is 1. The van der Waals surface area contributed by atoms with Crippen molar-refractivity contribution in [2.24, 2.45) is 5.92 Å². The van der Waals surface area contributed by atoms with E-state index >= 15 is 0 Å². The minimum Gasteiger partial charge on any atom is -0.371 e. The molecule has 3 rings (SSSR count). The van der Waals surface area contributed by atoms with Gasteiger partial charge in [-0.15, -0.1) is 0 Å². The maximum absolute atomic E-state index is 12.5. The van der Waals surface area contributed by atoms with Crippen LogP contribution in [0.15, 0.2) is 48.5 Å². The molecule has 0 bridgehead atoms. The first kappa shape index (κ1) is 17.2. The van der Waals surface area contributed by atoms with Gasteiger partial charge in [-0.3, -0.25) is 14.9 Å². The number of piperidine rings is 1. The van der Waals surface area contributed by atoms with Crippen molar-refractivity contribution in [3.8, 4) is 0 Å². The van der Waals surface area contributed by atoms with Gasteiger partial charge in [-0.1, -0.05) is 29.8 Å². The highest BCUT2D eigenvalue weighted by Gasteiger charge is 2.25. The van der Waals surface area contributed by atoms with E-state index in [4.69, 9.17) is 11.6 Å². The van der Waals surface area contributed by atoms with Crippen molar-refractivity contribution >= 4 is 34.6 Å². The first-order chi connectivity index (χ1) is 12.0. The Bertz CT molecular complexity index is 774. The zero-order valence-corrected chi connectivity index (χ0v) is 14.3. The number of carbonyl (C=O) groups excluding carboxylic acids is 1. The molecule has 6 nitrogen and oxygen atoms in total. The molecular formula is C18H18ClN3O3. The normalized spacial score (nSPS) is 15.0. The van der Waals surface area contributed by atoms with Gasteiger partial charge in [0.15, 0.2) is 0 Å². The summed E-state index contributed by atoms with van der Waals surface area (Å²) in [6, 6.07) is 14.2. The largest absolute Gasteiger partial charge is 0.371 e. The zero-order chi connectivity index (χ0) is 17.8. The van der Waals surface area contributed by atoms with Gasteiger partial charge in [0.05, 0.1) is 15.6 Å². The van der Waals surface area contributed by atoms with Gasteiger partial charge >= 0.3 is 0 Å². The lowest BCUT2D eigenvalue weighted by molar-refractivity contribution is -0.384.